The summed E-state index contributed by atoms with van der Waals surface area (Å²) in [5.74, 6) is -0.272. The van der Waals surface area contributed by atoms with Gasteiger partial charge in [0.15, 0.2) is 0 Å². The van der Waals surface area contributed by atoms with Crippen molar-refractivity contribution in [2.24, 2.45) is 5.10 Å². The van der Waals surface area contributed by atoms with Crippen molar-refractivity contribution in [2.45, 2.75) is 19.4 Å². The molecule has 3 aromatic carbocycles. The van der Waals surface area contributed by atoms with Gasteiger partial charge in [0, 0.05) is 37.6 Å². The van der Waals surface area contributed by atoms with E-state index in [2.05, 4.69) is 24.0 Å². The fourth-order valence-electron chi connectivity index (χ4n) is 4.85. The summed E-state index contributed by atoms with van der Waals surface area (Å²) in [4.78, 5) is 17.7. The summed E-state index contributed by atoms with van der Waals surface area (Å²) < 4.78 is 14.2. The topological polar surface area (TPSA) is 39.2 Å². The molecule has 2 aliphatic heterocycles. The van der Waals surface area contributed by atoms with Crippen LogP contribution in [-0.4, -0.2) is 54.3 Å². The summed E-state index contributed by atoms with van der Waals surface area (Å²) in [7, 11) is 0. The van der Waals surface area contributed by atoms with Gasteiger partial charge in [-0.3, -0.25) is 9.69 Å². The van der Waals surface area contributed by atoms with Crippen LogP contribution in [0.2, 0.25) is 5.02 Å². The van der Waals surface area contributed by atoms with Crippen LogP contribution in [0.1, 0.15) is 29.2 Å². The Hall–Kier alpha value is -3.22. The molecule has 1 saturated heterocycles. The van der Waals surface area contributed by atoms with E-state index in [4.69, 9.17) is 16.7 Å². The molecule has 0 spiro atoms. The van der Waals surface area contributed by atoms with Gasteiger partial charge in [-0.2, -0.15) is 5.10 Å². The smallest absolute Gasteiger partial charge is 0.257 e. The number of anilines is 1. The number of carbonyl (C=O) groups is 1. The quantitative estimate of drug-likeness (QED) is 0.488. The fraction of sp³-hybridized carbons (Fsp3) is 0.286. The molecule has 1 atom stereocenters. The van der Waals surface area contributed by atoms with Crippen molar-refractivity contribution in [3.63, 3.8) is 0 Å². The average Bonchev–Trinajstić information content (AvgIpc) is 3.31. The van der Waals surface area contributed by atoms with Crippen molar-refractivity contribution in [1.29, 1.82) is 0 Å². The number of benzene rings is 3. The number of piperazine rings is 1. The van der Waals surface area contributed by atoms with E-state index in [1.807, 2.05) is 47.4 Å². The minimum Gasteiger partial charge on any atom is -0.367 e. The minimum absolute atomic E-state index is 0.0584. The number of hydrazone groups is 1. The highest BCUT2D eigenvalue weighted by atomic mass is 35.5. The largest absolute Gasteiger partial charge is 0.367 e. The first-order chi connectivity index (χ1) is 17.0. The number of amides is 1. The molecule has 0 bridgehead atoms. The van der Waals surface area contributed by atoms with E-state index in [1.54, 1.807) is 17.1 Å². The first kappa shape index (κ1) is 23.5. The number of nitrogens with zero attached hydrogens (tertiary/aromatic N) is 4. The second-order valence-corrected chi connectivity index (χ2v) is 9.52. The molecular weight excluding hydrogens is 463 g/mol. The van der Waals surface area contributed by atoms with Crippen molar-refractivity contribution in [3.05, 3.63) is 100 Å². The van der Waals surface area contributed by atoms with Gasteiger partial charge in [0.1, 0.15) is 5.82 Å². The van der Waals surface area contributed by atoms with Gasteiger partial charge in [0.2, 0.25) is 0 Å². The lowest BCUT2D eigenvalue weighted by atomic mass is 9.97. The molecule has 2 heterocycles. The van der Waals surface area contributed by atoms with Crippen LogP contribution in [0.4, 0.5) is 10.1 Å². The van der Waals surface area contributed by atoms with Crippen molar-refractivity contribution in [3.8, 4) is 0 Å². The maximum Gasteiger partial charge on any atom is 0.257 e. The number of carbonyl (C=O) groups excluding carboxylic acids is 1. The van der Waals surface area contributed by atoms with E-state index < -0.39 is 0 Å². The molecule has 1 fully saturated rings. The van der Waals surface area contributed by atoms with Crippen LogP contribution in [0, 0.1) is 12.7 Å². The van der Waals surface area contributed by atoms with Crippen molar-refractivity contribution < 1.29 is 9.18 Å². The van der Waals surface area contributed by atoms with E-state index in [0.717, 1.165) is 22.4 Å². The Morgan fingerprint density at radius 2 is 1.74 bits per heavy atom. The Balaban J connectivity index is 1.32. The van der Waals surface area contributed by atoms with Crippen molar-refractivity contribution in [1.82, 2.24) is 9.91 Å². The Labute approximate surface area is 210 Å². The number of halogens is 2. The zero-order valence-electron chi connectivity index (χ0n) is 19.7. The van der Waals surface area contributed by atoms with Crippen molar-refractivity contribution >= 4 is 28.9 Å². The molecule has 3 aromatic rings. The molecule has 5 nitrogen and oxygen atoms in total. The molecule has 180 valence electrons. The molecule has 5 rings (SSSR count). The fourth-order valence-corrected chi connectivity index (χ4v) is 5.11. The Kier molecular flexibility index (Phi) is 6.84. The van der Waals surface area contributed by atoms with Gasteiger partial charge in [-0.15, -0.1) is 0 Å². The van der Waals surface area contributed by atoms with Crippen LogP contribution in [0.25, 0.3) is 0 Å². The predicted octanol–water partition coefficient (Wildman–Crippen LogP) is 5.29. The van der Waals surface area contributed by atoms with Crippen LogP contribution in [0.15, 0.2) is 77.9 Å². The van der Waals surface area contributed by atoms with Gasteiger partial charge in [0.05, 0.1) is 24.0 Å². The second-order valence-electron chi connectivity index (χ2n) is 9.11. The highest BCUT2D eigenvalue weighted by molar-refractivity contribution is 6.31. The van der Waals surface area contributed by atoms with E-state index >= 15 is 0 Å². The van der Waals surface area contributed by atoms with Gasteiger partial charge in [-0.25, -0.2) is 9.40 Å². The summed E-state index contributed by atoms with van der Waals surface area (Å²) in [5, 5.41) is 7.04. The summed E-state index contributed by atoms with van der Waals surface area (Å²) in [6, 6.07) is 22.4. The first-order valence-electron chi connectivity index (χ1n) is 11.9. The number of hydrogen-bond donors (Lipinski definition) is 0. The molecule has 0 aromatic heterocycles. The van der Waals surface area contributed by atoms with E-state index in [9.17, 15) is 9.18 Å². The minimum atomic E-state index is -0.244. The molecule has 2 aliphatic rings. The van der Waals surface area contributed by atoms with Gasteiger partial charge in [-0.1, -0.05) is 71.8 Å². The maximum atomic E-state index is 14.2. The first-order valence-corrected chi connectivity index (χ1v) is 12.3. The van der Waals surface area contributed by atoms with Gasteiger partial charge >= 0.3 is 0 Å². The highest BCUT2D eigenvalue weighted by Crippen LogP contribution is 2.36. The lowest BCUT2D eigenvalue weighted by molar-refractivity contribution is -0.134. The molecule has 7 heteroatoms. The summed E-state index contributed by atoms with van der Waals surface area (Å²) in [6.45, 7) is 5.00. The van der Waals surface area contributed by atoms with Crippen LogP contribution in [-0.2, 0) is 4.79 Å². The average molecular weight is 491 g/mol. The molecule has 1 unspecified atom stereocenters. The second kappa shape index (κ2) is 10.2. The zero-order chi connectivity index (χ0) is 24.4. The third-order valence-electron chi connectivity index (χ3n) is 6.71. The highest BCUT2D eigenvalue weighted by Gasteiger charge is 2.35. The van der Waals surface area contributed by atoms with Crippen molar-refractivity contribution in [2.75, 3.05) is 37.6 Å². The van der Waals surface area contributed by atoms with Crippen LogP contribution in [0.5, 0.6) is 0 Å². The van der Waals surface area contributed by atoms with Crippen LogP contribution >= 0.6 is 11.6 Å². The van der Waals surface area contributed by atoms with E-state index in [-0.39, 0.29) is 24.3 Å². The Morgan fingerprint density at radius 3 is 2.49 bits per heavy atom. The third-order valence-corrected chi connectivity index (χ3v) is 7.05. The third kappa shape index (κ3) is 5.09. The van der Waals surface area contributed by atoms with E-state index in [1.165, 1.54) is 6.07 Å². The molecule has 0 saturated carbocycles. The van der Waals surface area contributed by atoms with Crippen LogP contribution < -0.4 is 4.90 Å². The van der Waals surface area contributed by atoms with Gasteiger partial charge < -0.3 is 4.90 Å². The lowest BCUT2D eigenvalue weighted by Gasteiger charge is -2.36. The number of para-hydroxylation sites is 1. The molecular formula is C28H28ClFN4O. The molecule has 1 amide bonds. The summed E-state index contributed by atoms with van der Waals surface area (Å²) in [5.41, 5.74) is 4.58. The summed E-state index contributed by atoms with van der Waals surface area (Å²) in [6.07, 6.45) is 0.611. The normalized spacial score (nSPS) is 18.6. The van der Waals surface area contributed by atoms with E-state index in [0.29, 0.717) is 43.3 Å². The lowest BCUT2D eigenvalue weighted by Crippen LogP contribution is -2.49. The van der Waals surface area contributed by atoms with Gasteiger partial charge in [0.25, 0.3) is 5.91 Å². The number of aryl methyl sites for hydroxylation is 1. The maximum absolute atomic E-state index is 14.2. The summed E-state index contributed by atoms with van der Waals surface area (Å²) >= 11 is 6.54. The predicted molar refractivity (Wildman–Crippen MR) is 138 cm³/mol. The molecule has 0 radical (unpaired) electrons. The molecule has 0 N–H and O–H groups in total. The Bertz CT molecular complexity index is 1250. The SMILES string of the molecule is Cc1cccc(C2=NN(C(=O)CN3CCN(c4ccccc4F)CC3)C(c3ccccc3Cl)C2)c1. The monoisotopic (exact) mass is 490 g/mol. The van der Waals surface area contributed by atoms with Gasteiger partial charge in [-0.05, 0) is 36.2 Å². The standard InChI is InChI=1S/C28H28ClFN4O/c1-20-7-6-8-21(17-20)25-18-27(22-9-2-3-10-23(22)29)34(31-25)28(35)19-32-13-15-33(16-14-32)26-12-5-4-11-24(26)30/h2-12,17,27H,13-16,18-19H2,1H3. The zero-order valence-corrected chi connectivity index (χ0v) is 20.5. The Morgan fingerprint density at radius 1 is 1.00 bits per heavy atom. The number of hydrogen-bond acceptors (Lipinski definition) is 4. The number of rotatable bonds is 5. The molecule has 0 aliphatic carbocycles. The van der Waals surface area contributed by atoms with Crippen LogP contribution in [0.3, 0.4) is 0 Å². The molecule has 35 heavy (non-hydrogen) atoms.